The van der Waals surface area contributed by atoms with Gasteiger partial charge in [-0.2, -0.15) is 0 Å². The van der Waals surface area contributed by atoms with Crippen LogP contribution in [0.1, 0.15) is 29.8 Å². The van der Waals surface area contributed by atoms with Crippen molar-refractivity contribution in [2.45, 2.75) is 33.1 Å². The molecule has 0 amide bonds. The minimum absolute atomic E-state index is 0.997. The van der Waals surface area contributed by atoms with Gasteiger partial charge in [0, 0.05) is 12.6 Å². The van der Waals surface area contributed by atoms with Gasteiger partial charge >= 0.3 is 0 Å². The fraction of sp³-hybridized carbons (Fsp3) is 0.583. The van der Waals surface area contributed by atoms with E-state index < -0.39 is 0 Å². The van der Waals surface area contributed by atoms with Crippen molar-refractivity contribution in [3.63, 3.8) is 0 Å². The van der Waals surface area contributed by atoms with Crippen molar-refractivity contribution in [1.29, 1.82) is 0 Å². The van der Waals surface area contributed by atoms with Crippen LogP contribution in [0.25, 0.3) is 9.88 Å². The van der Waals surface area contributed by atoms with Crippen LogP contribution in [-0.4, -0.2) is 28.3 Å². The largest absolute Gasteiger partial charge is 0.317 e. The molecule has 0 radical (unpaired) electrons. The second-order valence-corrected chi connectivity index (χ2v) is 6.39. The Bertz CT molecular complexity index is 478. The molecule has 0 fully saturated rings. The molecule has 0 aromatic carbocycles. The quantitative estimate of drug-likeness (QED) is 0.793. The number of rotatable bonds is 7. The zero-order chi connectivity index (χ0) is 12.8. The molecule has 6 heteroatoms. The Morgan fingerprint density at radius 3 is 2.83 bits per heavy atom. The van der Waals surface area contributed by atoms with E-state index in [0.717, 1.165) is 45.8 Å². The lowest BCUT2D eigenvalue weighted by atomic mass is 10.3. The van der Waals surface area contributed by atoms with Crippen molar-refractivity contribution in [1.82, 2.24) is 20.5 Å². The van der Waals surface area contributed by atoms with Crippen molar-refractivity contribution in [3.8, 4) is 9.88 Å². The van der Waals surface area contributed by atoms with Gasteiger partial charge in [-0.25, -0.2) is 4.98 Å². The van der Waals surface area contributed by atoms with Gasteiger partial charge in [0.25, 0.3) is 0 Å². The van der Waals surface area contributed by atoms with E-state index in [1.807, 2.05) is 13.1 Å². The first-order valence-electron chi connectivity index (χ1n) is 6.25. The second kappa shape index (κ2) is 6.92. The van der Waals surface area contributed by atoms with E-state index in [0.29, 0.717) is 0 Å². The van der Waals surface area contributed by atoms with E-state index in [9.17, 15) is 0 Å². The van der Waals surface area contributed by atoms with E-state index in [1.54, 1.807) is 22.7 Å². The summed E-state index contributed by atoms with van der Waals surface area (Å²) in [5, 5.41) is 15.1. The van der Waals surface area contributed by atoms with Crippen LogP contribution < -0.4 is 5.32 Å². The van der Waals surface area contributed by atoms with Gasteiger partial charge in [-0.15, -0.1) is 21.5 Å². The highest BCUT2D eigenvalue weighted by Crippen LogP contribution is 2.28. The number of thiazole rings is 1. The zero-order valence-corrected chi connectivity index (χ0v) is 12.4. The topological polar surface area (TPSA) is 50.7 Å². The SMILES string of the molecule is CCCNCCCc1nnc(-c2cnc(C)s2)s1. The van der Waals surface area contributed by atoms with Crippen LogP contribution in [-0.2, 0) is 6.42 Å². The maximum Gasteiger partial charge on any atom is 0.159 e. The lowest BCUT2D eigenvalue weighted by Gasteiger charge is -1.99. The Morgan fingerprint density at radius 2 is 2.11 bits per heavy atom. The molecule has 0 aliphatic heterocycles. The fourth-order valence-corrected chi connectivity index (χ4v) is 3.27. The lowest BCUT2D eigenvalue weighted by Crippen LogP contribution is -2.16. The highest BCUT2D eigenvalue weighted by atomic mass is 32.1. The Labute approximate surface area is 116 Å². The minimum atomic E-state index is 0.997. The first-order valence-corrected chi connectivity index (χ1v) is 7.88. The van der Waals surface area contributed by atoms with Crippen LogP contribution in [0.15, 0.2) is 6.20 Å². The summed E-state index contributed by atoms with van der Waals surface area (Å²) >= 11 is 3.36. The summed E-state index contributed by atoms with van der Waals surface area (Å²) in [6.45, 7) is 6.35. The van der Waals surface area contributed by atoms with E-state index >= 15 is 0 Å². The summed E-state index contributed by atoms with van der Waals surface area (Å²) in [6, 6.07) is 0. The predicted octanol–water partition coefficient (Wildman–Crippen LogP) is 2.90. The average molecular weight is 282 g/mol. The van der Waals surface area contributed by atoms with Crippen LogP contribution >= 0.6 is 22.7 Å². The molecule has 2 aromatic rings. The van der Waals surface area contributed by atoms with E-state index in [2.05, 4.69) is 27.4 Å². The number of nitrogens with zero attached hydrogens (tertiary/aromatic N) is 3. The second-order valence-electron chi connectivity index (χ2n) is 4.10. The number of aromatic nitrogens is 3. The summed E-state index contributed by atoms with van der Waals surface area (Å²) in [7, 11) is 0. The van der Waals surface area contributed by atoms with Gasteiger partial charge in [0.2, 0.25) is 0 Å². The van der Waals surface area contributed by atoms with Crippen molar-refractivity contribution < 1.29 is 0 Å². The molecule has 0 saturated carbocycles. The van der Waals surface area contributed by atoms with Gasteiger partial charge in [0.05, 0.1) is 9.88 Å². The summed E-state index contributed by atoms with van der Waals surface area (Å²) < 4.78 is 0. The summed E-state index contributed by atoms with van der Waals surface area (Å²) in [5.41, 5.74) is 0. The molecule has 0 aliphatic rings. The van der Waals surface area contributed by atoms with Crippen LogP contribution in [0.5, 0.6) is 0 Å². The molecule has 98 valence electrons. The zero-order valence-electron chi connectivity index (χ0n) is 10.8. The molecule has 4 nitrogen and oxygen atoms in total. The van der Waals surface area contributed by atoms with Crippen LogP contribution in [0.2, 0.25) is 0 Å². The fourth-order valence-electron chi connectivity index (χ4n) is 1.58. The first kappa shape index (κ1) is 13.6. The molecule has 0 spiro atoms. The third-order valence-electron chi connectivity index (χ3n) is 2.47. The highest BCUT2D eigenvalue weighted by Gasteiger charge is 2.08. The molecule has 2 heterocycles. The molecular weight excluding hydrogens is 264 g/mol. The van der Waals surface area contributed by atoms with E-state index in [4.69, 9.17) is 0 Å². The van der Waals surface area contributed by atoms with Crippen LogP contribution in [0.4, 0.5) is 0 Å². The molecule has 0 unspecified atom stereocenters. The van der Waals surface area contributed by atoms with Crippen LogP contribution in [0.3, 0.4) is 0 Å². The molecule has 0 saturated heterocycles. The molecule has 0 bridgehead atoms. The van der Waals surface area contributed by atoms with Crippen molar-refractivity contribution in [2.24, 2.45) is 0 Å². The average Bonchev–Trinajstić information content (AvgIpc) is 2.97. The number of nitrogens with one attached hydrogen (secondary N) is 1. The predicted molar refractivity (Wildman–Crippen MR) is 77.2 cm³/mol. The molecule has 1 N–H and O–H groups in total. The van der Waals surface area contributed by atoms with Gasteiger partial charge < -0.3 is 5.32 Å². The van der Waals surface area contributed by atoms with Gasteiger partial charge in [-0.05, 0) is 32.9 Å². The molecular formula is C12H18N4S2. The third-order valence-corrected chi connectivity index (χ3v) is 4.53. The standard InChI is InChI=1S/C12H18N4S2/c1-3-6-13-7-4-5-11-15-16-12(18-11)10-8-14-9(2)17-10/h8,13H,3-7H2,1-2H3. The van der Waals surface area contributed by atoms with Gasteiger partial charge in [0.15, 0.2) is 5.01 Å². The normalized spacial score (nSPS) is 11.0. The molecule has 18 heavy (non-hydrogen) atoms. The minimum Gasteiger partial charge on any atom is -0.317 e. The maximum atomic E-state index is 4.25. The smallest absolute Gasteiger partial charge is 0.159 e. The number of hydrogen-bond acceptors (Lipinski definition) is 6. The third kappa shape index (κ3) is 3.83. The first-order chi connectivity index (χ1) is 8.79. The van der Waals surface area contributed by atoms with Crippen molar-refractivity contribution in [2.75, 3.05) is 13.1 Å². The highest BCUT2D eigenvalue weighted by molar-refractivity contribution is 7.21. The van der Waals surface area contributed by atoms with Crippen molar-refractivity contribution in [3.05, 3.63) is 16.2 Å². The Kier molecular flexibility index (Phi) is 5.22. The summed E-state index contributed by atoms with van der Waals surface area (Å²) in [6.07, 6.45) is 5.20. The van der Waals surface area contributed by atoms with E-state index in [1.165, 1.54) is 6.42 Å². The molecule has 2 aromatic heterocycles. The van der Waals surface area contributed by atoms with E-state index in [-0.39, 0.29) is 0 Å². The maximum absolute atomic E-state index is 4.25. The van der Waals surface area contributed by atoms with Crippen molar-refractivity contribution >= 4 is 22.7 Å². The monoisotopic (exact) mass is 282 g/mol. The Balaban J connectivity index is 1.83. The Hall–Kier alpha value is -0.850. The molecule has 2 rings (SSSR count). The lowest BCUT2D eigenvalue weighted by molar-refractivity contribution is 0.637. The Morgan fingerprint density at radius 1 is 1.22 bits per heavy atom. The van der Waals surface area contributed by atoms with Gasteiger partial charge in [-0.1, -0.05) is 18.3 Å². The number of hydrogen-bond donors (Lipinski definition) is 1. The summed E-state index contributed by atoms with van der Waals surface area (Å²) in [4.78, 5) is 5.37. The molecule has 0 atom stereocenters. The van der Waals surface area contributed by atoms with Gasteiger partial charge in [0.1, 0.15) is 5.01 Å². The van der Waals surface area contributed by atoms with Crippen LogP contribution in [0, 0.1) is 6.92 Å². The molecule has 0 aliphatic carbocycles. The summed E-state index contributed by atoms with van der Waals surface area (Å²) in [5.74, 6) is 0. The number of aryl methyl sites for hydroxylation is 2. The van der Waals surface area contributed by atoms with Gasteiger partial charge in [-0.3, -0.25) is 0 Å².